The number of nitrogens with zero attached hydrogens (tertiary/aromatic N) is 1. The molecule has 1 atom stereocenters. The number of aromatic nitrogens is 1. The molecule has 0 bridgehead atoms. The highest BCUT2D eigenvalue weighted by Gasteiger charge is 2.08. The zero-order valence-electron chi connectivity index (χ0n) is 11.7. The molecule has 0 saturated heterocycles. The van der Waals surface area contributed by atoms with Crippen LogP contribution in [0.25, 0.3) is 10.9 Å². The van der Waals surface area contributed by atoms with Gasteiger partial charge in [0.1, 0.15) is 0 Å². The van der Waals surface area contributed by atoms with Gasteiger partial charge in [0.15, 0.2) is 0 Å². The second-order valence-corrected chi connectivity index (χ2v) is 5.73. The summed E-state index contributed by atoms with van der Waals surface area (Å²) in [5.74, 6) is 0.739. The van der Waals surface area contributed by atoms with Gasteiger partial charge < -0.3 is 10.3 Å². The van der Waals surface area contributed by atoms with Crippen LogP contribution in [0.3, 0.4) is 0 Å². The van der Waals surface area contributed by atoms with Crippen LogP contribution in [0.1, 0.15) is 32.8 Å². The van der Waals surface area contributed by atoms with Crippen LogP contribution in [0.2, 0.25) is 0 Å². The van der Waals surface area contributed by atoms with E-state index < -0.39 is 0 Å². The summed E-state index contributed by atoms with van der Waals surface area (Å²) >= 11 is 0. The third kappa shape index (κ3) is 2.94. The van der Waals surface area contributed by atoms with Gasteiger partial charge in [-0.15, -0.1) is 0 Å². The number of fused-ring (bicyclic) bond motifs is 1. The minimum absolute atomic E-state index is 0.212. The Balaban J connectivity index is 2.35. The minimum atomic E-state index is 0.212. The summed E-state index contributed by atoms with van der Waals surface area (Å²) in [7, 11) is 0. The average Bonchev–Trinajstić information content (AvgIpc) is 2.70. The predicted molar refractivity (Wildman–Crippen MR) is 78.7 cm³/mol. The van der Waals surface area contributed by atoms with E-state index in [1.165, 1.54) is 22.9 Å². The molecular formula is C16H24N2. The third-order valence-corrected chi connectivity index (χ3v) is 3.36. The molecule has 1 aromatic heterocycles. The Morgan fingerprint density at radius 1 is 1.17 bits per heavy atom. The van der Waals surface area contributed by atoms with Gasteiger partial charge in [-0.25, -0.2) is 0 Å². The summed E-state index contributed by atoms with van der Waals surface area (Å²) in [4.78, 5) is 0. The Labute approximate surface area is 110 Å². The fourth-order valence-corrected chi connectivity index (χ4v) is 2.44. The number of nitrogens with two attached hydrogens (primary N) is 1. The molecule has 2 aromatic rings. The number of para-hydroxylation sites is 1. The van der Waals surface area contributed by atoms with Crippen molar-refractivity contribution in [1.29, 1.82) is 0 Å². The van der Waals surface area contributed by atoms with Crippen LogP contribution in [0, 0.1) is 5.92 Å². The van der Waals surface area contributed by atoms with E-state index in [9.17, 15) is 0 Å². The molecule has 0 amide bonds. The van der Waals surface area contributed by atoms with Crippen molar-refractivity contribution in [3.05, 3.63) is 36.0 Å². The van der Waals surface area contributed by atoms with Crippen molar-refractivity contribution in [2.24, 2.45) is 11.7 Å². The first-order valence-electron chi connectivity index (χ1n) is 6.90. The van der Waals surface area contributed by atoms with Gasteiger partial charge in [0.05, 0.1) is 5.52 Å². The number of hydrogen-bond donors (Lipinski definition) is 1. The molecule has 2 rings (SSSR count). The Hall–Kier alpha value is -1.28. The molecule has 98 valence electrons. The summed E-state index contributed by atoms with van der Waals surface area (Å²) in [5, 5.41) is 1.33. The lowest BCUT2D eigenvalue weighted by atomic mass is 10.0. The molecule has 2 heteroatoms. The molecule has 2 nitrogen and oxygen atoms in total. The van der Waals surface area contributed by atoms with Gasteiger partial charge in [-0.2, -0.15) is 0 Å². The van der Waals surface area contributed by atoms with Crippen LogP contribution in [0.5, 0.6) is 0 Å². The van der Waals surface area contributed by atoms with Gasteiger partial charge in [0.25, 0.3) is 0 Å². The molecule has 0 aliphatic rings. The molecule has 0 fully saturated rings. The van der Waals surface area contributed by atoms with E-state index in [1.807, 2.05) is 0 Å². The monoisotopic (exact) mass is 244 g/mol. The fourth-order valence-electron chi connectivity index (χ4n) is 2.44. The van der Waals surface area contributed by atoms with Gasteiger partial charge in [0.2, 0.25) is 0 Å². The third-order valence-electron chi connectivity index (χ3n) is 3.36. The van der Waals surface area contributed by atoms with Crippen molar-refractivity contribution in [1.82, 2.24) is 4.57 Å². The summed E-state index contributed by atoms with van der Waals surface area (Å²) in [5.41, 5.74) is 8.69. The summed E-state index contributed by atoms with van der Waals surface area (Å²) < 4.78 is 2.38. The van der Waals surface area contributed by atoms with E-state index in [0.717, 1.165) is 18.9 Å². The SMILES string of the molecule is CC(C)CCn1ccc2cccc(CC(C)N)c21. The lowest BCUT2D eigenvalue weighted by molar-refractivity contribution is 0.523. The Morgan fingerprint density at radius 2 is 1.94 bits per heavy atom. The normalized spacial score (nSPS) is 13.4. The first-order valence-corrected chi connectivity index (χ1v) is 6.90. The molecule has 2 N–H and O–H groups in total. The van der Waals surface area contributed by atoms with E-state index in [2.05, 4.69) is 55.8 Å². The molecule has 18 heavy (non-hydrogen) atoms. The maximum absolute atomic E-state index is 5.95. The molecule has 0 saturated carbocycles. The summed E-state index contributed by atoms with van der Waals surface area (Å²) in [6, 6.07) is 8.94. The van der Waals surface area contributed by atoms with E-state index in [1.54, 1.807) is 0 Å². The largest absolute Gasteiger partial charge is 0.347 e. The maximum Gasteiger partial charge on any atom is 0.0513 e. The summed E-state index contributed by atoms with van der Waals surface area (Å²) in [6.45, 7) is 7.71. The van der Waals surface area contributed by atoms with Gasteiger partial charge in [0, 0.05) is 18.8 Å². The average molecular weight is 244 g/mol. The molecule has 1 aromatic carbocycles. The van der Waals surface area contributed by atoms with Gasteiger partial charge in [-0.3, -0.25) is 0 Å². The second-order valence-electron chi connectivity index (χ2n) is 5.73. The van der Waals surface area contributed by atoms with Crippen molar-refractivity contribution in [3.63, 3.8) is 0 Å². The molecule has 0 spiro atoms. The van der Waals surface area contributed by atoms with E-state index in [-0.39, 0.29) is 6.04 Å². The van der Waals surface area contributed by atoms with Crippen LogP contribution in [-0.2, 0) is 13.0 Å². The highest BCUT2D eigenvalue weighted by atomic mass is 15.0. The quantitative estimate of drug-likeness (QED) is 0.856. The van der Waals surface area contributed by atoms with Gasteiger partial charge in [-0.1, -0.05) is 32.0 Å². The van der Waals surface area contributed by atoms with E-state index in [0.29, 0.717) is 0 Å². The molecule has 0 radical (unpaired) electrons. The lowest BCUT2D eigenvalue weighted by Crippen LogP contribution is -2.18. The minimum Gasteiger partial charge on any atom is -0.347 e. The Morgan fingerprint density at radius 3 is 2.61 bits per heavy atom. The number of aryl methyl sites for hydroxylation is 1. The molecule has 0 aliphatic carbocycles. The zero-order chi connectivity index (χ0) is 13.1. The van der Waals surface area contributed by atoms with Gasteiger partial charge in [-0.05, 0) is 42.7 Å². The molecule has 1 heterocycles. The van der Waals surface area contributed by atoms with Crippen LogP contribution < -0.4 is 5.73 Å². The van der Waals surface area contributed by atoms with Crippen molar-refractivity contribution < 1.29 is 0 Å². The van der Waals surface area contributed by atoms with Crippen LogP contribution in [0.4, 0.5) is 0 Å². The van der Waals surface area contributed by atoms with Crippen molar-refractivity contribution >= 4 is 10.9 Å². The fraction of sp³-hybridized carbons (Fsp3) is 0.500. The first kappa shape index (κ1) is 13.2. The highest BCUT2D eigenvalue weighted by molar-refractivity contribution is 5.83. The van der Waals surface area contributed by atoms with Crippen molar-refractivity contribution in [3.8, 4) is 0 Å². The lowest BCUT2D eigenvalue weighted by Gasteiger charge is -2.12. The summed E-state index contributed by atoms with van der Waals surface area (Å²) in [6.07, 6.45) is 4.37. The number of hydrogen-bond acceptors (Lipinski definition) is 1. The smallest absolute Gasteiger partial charge is 0.0513 e. The Kier molecular flexibility index (Phi) is 4.07. The Bertz CT molecular complexity index is 509. The van der Waals surface area contributed by atoms with Crippen molar-refractivity contribution in [2.45, 2.75) is 46.2 Å². The number of benzene rings is 1. The molecular weight excluding hydrogens is 220 g/mol. The number of rotatable bonds is 5. The van der Waals surface area contributed by atoms with E-state index >= 15 is 0 Å². The predicted octanol–water partition coefficient (Wildman–Crippen LogP) is 3.58. The van der Waals surface area contributed by atoms with Crippen molar-refractivity contribution in [2.75, 3.05) is 0 Å². The topological polar surface area (TPSA) is 30.9 Å². The maximum atomic E-state index is 5.95. The van der Waals surface area contributed by atoms with Crippen LogP contribution in [-0.4, -0.2) is 10.6 Å². The van der Waals surface area contributed by atoms with Gasteiger partial charge >= 0.3 is 0 Å². The van der Waals surface area contributed by atoms with Crippen LogP contribution >= 0.6 is 0 Å². The van der Waals surface area contributed by atoms with E-state index in [4.69, 9.17) is 5.73 Å². The van der Waals surface area contributed by atoms with Crippen LogP contribution in [0.15, 0.2) is 30.5 Å². The standard InChI is InChI=1S/C16H24N2/c1-12(2)7-9-18-10-8-14-5-4-6-15(16(14)18)11-13(3)17/h4-6,8,10,12-13H,7,9,11,17H2,1-3H3. The molecule has 0 aliphatic heterocycles. The zero-order valence-corrected chi connectivity index (χ0v) is 11.7. The highest BCUT2D eigenvalue weighted by Crippen LogP contribution is 2.22. The first-order chi connectivity index (χ1) is 8.58. The molecule has 1 unspecified atom stereocenters. The second kappa shape index (κ2) is 5.57.